The maximum absolute atomic E-state index is 12.4. The molecular formula is C23H18O2S. The van der Waals surface area contributed by atoms with Crippen molar-refractivity contribution >= 4 is 16.7 Å². The zero-order valence-corrected chi connectivity index (χ0v) is 15.0. The topological polar surface area (TPSA) is 30.2 Å². The Morgan fingerprint density at radius 2 is 1.15 bits per heavy atom. The fourth-order valence-corrected chi connectivity index (χ4v) is 5.20. The molecule has 0 saturated heterocycles. The second kappa shape index (κ2) is 7.46. The number of hydrogen-bond donors (Lipinski definition) is 1. The third-order valence-electron chi connectivity index (χ3n) is 4.16. The van der Waals surface area contributed by atoms with Gasteiger partial charge < -0.3 is 4.42 Å². The Kier molecular flexibility index (Phi) is 4.71. The zero-order chi connectivity index (χ0) is 17.8. The molecule has 2 nitrogen and oxygen atoms in total. The molecule has 3 heteroatoms. The third-order valence-corrected chi connectivity index (χ3v) is 6.61. The maximum Gasteiger partial charge on any atom is 0.228 e. The van der Waals surface area contributed by atoms with Crippen LogP contribution in [0.5, 0.6) is 0 Å². The molecule has 0 aliphatic carbocycles. The smallest absolute Gasteiger partial charge is 0.228 e. The van der Waals surface area contributed by atoms with Crippen LogP contribution in [0.3, 0.4) is 0 Å². The van der Waals surface area contributed by atoms with Crippen molar-refractivity contribution < 1.29 is 9.21 Å². The van der Waals surface area contributed by atoms with Gasteiger partial charge in [-0.3, -0.25) is 4.79 Å². The van der Waals surface area contributed by atoms with Crippen molar-refractivity contribution in [2.24, 2.45) is 0 Å². The summed E-state index contributed by atoms with van der Waals surface area (Å²) in [5.41, 5.74) is 0.639. The lowest BCUT2D eigenvalue weighted by atomic mass is 10.1. The van der Waals surface area contributed by atoms with Crippen LogP contribution in [0.15, 0.2) is 122 Å². The van der Waals surface area contributed by atoms with Crippen LogP contribution < -0.4 is 0 Å². The van der Waals surface area contributed by atoms with Crippen molar-refractivity contribution in [2.75, 3.05) is 0 Å². The van der Waals surface area contributed by atoms with Crippen molar-refractivity contribution in [2.45, 2.75) is 14.7 Å². The molecule has 0 radical (unpaired) electrons. The number of benzene rings is 3. The van der Waals surface area contributed by atoms with Gasteiger partial charge in [-0.1, -0.05) is 36.4 Å². The lowest BCUT2D eigenvalue weighted by Gasteiger charge is -2.23. The van der Waals surface area contributed by atoms with Gasteiger partial charge in [0, 0.05) is 5.56 Å². The number of ketones is 1. The Morgan fingerprint density at radius 1 is 0.615 bits per heavy atom. The highest BCUT2D eigenvalue weighted by molar-refractivity contribution is 8.17. The fourth-order valence-electron chi connectivity index (χ4n) is 2.91. The maximum atomic E-state index is 12.4. The molecule has 4 aromatic rings. The standard InChI is InChI=1S/C23H18O2S/c24-23(22-12-7-17-25-22)18-13-15-21(16-14-18)26(19-8-3-1-4-9-19)20-10-5-2-6-11-20/h1-17,26H. The Labute approximate surface area is 155 Å². The molecule has 0 N–H and O–H groups in total. The molecular weight excluding hydrogens is 340 g/mol. The first-order valence-electron chi connectivity index (χ1n) is 8.41. The monoisotopic (exact) mass is 358 g/mol. The molecule has 0 amide bonds. The first-order valence-corrected chi connectivity index (χ1v) is 9.75. The number of carbonyl (C=O) groups excluding carboxylic acids is 1. The predicted molar refractivity (Wildman–Crippen MR) is 105 cm³/mol. The van der Waals surface area contributed by atoms with Gasteiger partial charge in [0.05, 0.1) is 6.26 Å². The van der Waals surface area contributed by atoms with Crippen molar-refractivity contribution in [3.63, 3.8) is 0 Å². The van der Waals surface area contributed by atoms with Crippen LogP contribution in [0.4, 0.5) is 0 Å². The van der Waals surface area contributed by atoms with Crippen LogP contribution >= 0.6 is 10.9 Å². The minimum Gasteiger partial charge on any atom is -0.461 e. The van der Waals surface area contributed by atoms with E-state index in [2.05, 4.69) is 60.7 Å². The summed E-state index contributed by atoms with van der Waals surface area (Å²) in [5, 5.41) is 0. The summed E-state index contributed by atoms with van der Waals surface area (Å²) >= 11 is 0. The summed E-state index contributed by atoms with van der Waals surface area (Å²) in [6.45, 7) is 0. The Bertz CT molecular complexity index is 936. The predicted octanol–water partition coefficient (Wildman–Crippen LogP) is 5.99. The highest BCUT2D eigenvalue weighted by Crippen LogP contribution is 2.51. The molecule has 26 heavy (non-hydrogen) atoms. The summed E-state index contributed by atoms with van der Waals surface area (Å²) < 4.78 is 5.22. The third kappa shape index (κ3) is 3.35. The SMILES string of the molecule is O=C(c1ccc([SH](c2ccccc2)c2ccccc2)cc1)c1ccco1. The lowest BCUT2D eigenvalue weighted by molar-refractivity contribution is 0.101. The van der Waals surface area contributed by atoms with E-state index < -0.39 is 10.9 Å². The van der Waals surface area contributed by atoms with E-state index in [1.807, 2.05) is 24.3 Å². The number of rotatable bonds is 5. The zero-order valence-electron chi connectivity index (χ0n) is 14.1. The Morgan fingerprint density at radius 3 is 1.65 bits per heavy atom. The molecule has 1 aromatic heterocycles. The van der Waals surface area contributed by atoms with Crippen LogP contribution in [0, 0.1) is 0 Å². The molecule has 0 bridgehead atoms. The van der Waals surface area contributed by atoms with E-state index >= 15 is 0 Å². The van der Waals surface area contributed by atoms with E-state index in [0.717, 1.165) is 0 Å². The van der Waals surface area contributed by atoms with Crippen LogP contribution in [0.1, 0.15) is 16.1 Å². The lowest BCUT2D eigenvalue weighted by Crippen LogP contribution is -1.99. The van der Waals surface area contributed by atoms with Gasteiger partial charge in [0.1, 0.15) is 0 Å². The van der Waals surface area contributed by atoms with Gasteiger partial charge >= 0.3 is 0 Å². The van der Waals surface area contributed by atoms with E-state index in [1.54, 1.807) is 12.1 Å². The quantitative estimate of drug-likeness (QED) is 0.351. The molecule has 0 aliphatic rings. The summed E-state index contributed by atoms with van der Waals surface area (Å²) in [7, 11) is -0.657. The van der Waals surface area contributed by atoms with Gasteiger partial charge in [-0.15, -0.1) is 0 Å². The summed E-state index contributed by atoms with van der Waals surface area (Å²) in [4.78, 5) is 16.2. The first-order chi connectivity index (χ1) is 12.8. The average Bonchev–Trinajstić information content (AvgIpc) is 3.25. The minimum absolute atomic E-state index is 0.0923. The van der Waals surface area contributed by atoms with E-state index in [-0.39, 0.29) is 5.78 Å². The molecule has 4 rings (SSSR count). The van der Waals surface area contributed by atoms with Gasteiger partial charge in [-0.05, 0) is 75.4 Å². The van der Waals surface area contributed by atoms with Crippen LogP contribution in [-0.2, 0) is 0 Å². The minimum atomic E-state index is -0.657. The average molecular weight is 358 g/mol. The van der Waals surface area contributed by atoms with Crippen LogP contribution in [0.25, 0.3) is 0 Å². The van der Waals surface area contributed by atoms with Crippen molar-refractivity contribution in [3.8, 4) is 0 Å². The van der Waals surface area contributed by atoms with E-state index in [0.29, 0.717) is 11.3 Å². The van der Waals surface area contributed by atoms with E-state index in [9.17, 15) is 4.79 Å². The molecule has 0 spiro atoms. The van der Waals surface area contributed by atoms with Crippen LogP contribution in [-0.4, -0.2) is 5.78 Å². The summed E-state index contributed by atoms with van der Waals surface area (Å²) in [6.07, 6.45) is 1.52. The number of thiol groups is 1. The number of furan rings is 1. The normalized spacial score (nSPS) is 11.2. The molecule has 128 valence electrons. The van der Waals surface area contributed by atoms with Crippen LogP contribution in [0.2, 0.25) is 0 Å². The number of hydrogen-bond acceptors (Lipinski definition) is 2. The summed E-state index contributed by atoms with van der Waals surface area (Å²) in [5.74, 6) is 0.274. The van der Waals surface area contributed by atoms with Crippen molar-refractivity contribution in [3.05, 3.63) is 115 Å². The van der Waals surface area contributed by atoms with Gasteiger partial charge in [0.15, 0.2) is 5.76 Å². The highest BCUT2D eigenvalue weighted by Gasteiger charge is 2.15. The molecule has 0 aliphatic heterocycles. The molecule has 0 unspecified atom stereocenters. The van der Waals surface area contributed by atoms with Gasteiger partial charge in [-0.25, -0.2) is 0 Å². The largest absolute Gasteiger partial charge is 0.461 e. The summed E-state index contributed by atoms with van der Waals surface area (Å²) in [6, 6.07) is 32.3. The molecule has 0 fully saturated rings. The van der Waals surface area contributed by atoms with E-state index in [4.69, 9.17) is 4.42 Å². The van der Waals surface area contributed by atoms with Gasteiger partial charge in [-0.2, -0.15) is 10.9 Å². The van der Waals surface area contributed by atoms with E-state index in [1.165, 1.54) is 20.9 Å². The fraction of sp³-hybridized carbons (Fsp3) is 0. The van der Waals surface area contributed by atoms with Crippen molar-refractivity contribution in [1.82, 2.24) is 0 Å². The number of carbonyl (C=O) groups is 1. The molecule has 3 aromatic carbocycles. The molecule has 0 atom stereocenters. The second-order valence-corrected chi connectivity index (χ2v) is 8.08. The van der Waals surface area contributed by atoms with Crippen molar-refractivity contribution in [1.29, 1.82) is 0 Å². The molecule has 1 heterocycles. The first kappa shape index (κ1) is 16.4. The van der Waals surface area contributed by atoms with Gasteiger partial charge in [0.25, 0.3) is 0 Å². The second-order valence-electron chi connectivity index (χ2n) is 5.86. The Hall–Kier alpha value is -3.04. The molecule has 0 saturated carbocycles. The van der Waals surface area contributed by atoms with Gasteiger partial charge in [0.2, 0.25) is 5.78 Å². The highest BCUT2D eigenvalue weighted by atomic mass is 32.2. The Balaban J connectivity index is 1.72.